The van der Waals surface area contributed by atoms with Crippen LogP contribution in [0, 0.1) is 0 Å². The van der Waals surface area contributed by atoms with Crippen molar-refractivity contribution < 1.29 is 0 Å². The van der Waals surface area contributed by atoms with Crippen molar-refractivity contribution in [2.45, 2.75) is 0 Å². The molecule has 0 amide bonds. The van der Waals surface area contributed by atoms with Crippen LogP contribution in [0.15, 0.2) is 255 Å². The third kappa shape index (κ3) is 7.31. The van der Waals surface area contributed by atoms with Crippen molar-refractivity contribution >= 4 is 80.1 Å². The number of fused-ring (bicyclic) bond motifs is 1. The summed E-state index contributed by atoms with van der Waals surface area (Å²) < 4.78 is 0. The molecule has 9 aromatic carbocycles. The minimum absolute atomic E-state index is 0. The van der Waals surface area contributed by atoms with Crippen LogP contribution in [0.3, 0.4) is 0 Å². The van der Waals surface area contributed by atoms with E-state index in [0.717, 1.165) is 0 Å². The van der Waals surface area contributed by atoms with Gasteiger partial charge in [0.15, 0.2) is 0 Å². The molecule has 0 aromatic heterocycles. The first-order valence-electron chi connectivity index (χ1n) is 18.7. The summed E-state index contributed by atoms with van der Waals surface area (Å²) in [6, 6.07) is 92.8. The van der Waals surface area contributed by atoms with Gasteiger partial charge in [-0.1, -0.05) is 0 Å². The van der Waals surface area contributed by atoms with Crippen LogP contribution >= 0.6 is 26.9 Å². The molecule has 0 aliphatic heterocycles. The van der Waals surface area contributed by atoms with Gasteiger partial charge in [0.05, 0.1) is 0 Å². The SMILES string of the molecule is Cl.c1ccc([PH](c2ccccc2)(c2ccccc2)c2cccc3ccccc23)cc1.c1ccc([PH](c2ccccc2)(c2ccccc2)c2ccccc2)cc1. The van der Waals surface area contributed by atoms with Crippen molar-refractivity contribution in [2.24, 2.45) is 0 Å². The van der Waals surface area contributed by atoms with Gasteiger partial charge in [-0.05, 0) is 0 Å². The molecule has 3 heteroatoms. The molecule has 9 rings (SSSR count). The zero-order valence-corrected chi connectivity index (χ0v) is 33.5. The number of hydrogen-bond donors (Lipinski definition) is 0. The molecule has 9 aromatic rings. The molecule has 0 radical (unpaired) electrons. The Bertz CT molecular complexity index is 2250. The molecule has 270 valence electrons. The predicted molar refractivity (Wildman–Crippen MR) is 250 cm³/mol. The topological polar surface area (TPSA) is 0 Å². The van der Waals surface area contributed by atoms with Crippen molar-refractivity contribution in [1.82, 2.24) is 0 Å². The third-order valence-corrected chi connectivity index (χ3v) is 20.3. The van der Waals surface area contributed by atoms with Gasteiger partial charge in [-0.2, -0.15) is 0 Å². The van der Waals surface area contributed by atoms with Crippen LogP contribution < -0.4 is 42.4 Å². The molecule has 0 fully saturated rings. The van der Waals surface area contributed by atoms with Crippen molar-refractivity contribution in [1.29, 1.82) is 0 Å². The first-order valence-corrected chi connectivity index (χ1v) is 22.7. The summed E-state index contributed by atoms with van der Waals surface area (Å²) in [7, 11) is -4.76. The molecule has 0 saturated heterocycles. The monoisotopic (exact) mass is 766 g/mol. The van der Waals surface area contributed by atoms with Crippen LogP contribution in [0.5, 0.6) is 0 Å². The molecule has 0 atom stereocenters. The molecule has 0 aliphatic rings. The van der Waals surface area contributed by atoms with Crippen LogP contribution in [0.25, 0.3) is 10.8 Å². The quantitative estimate of drug-likeness (QED) is 0.135. The minimum atomic E-state index is -2.46. The van der Waals surface area contributed by atoms with E-state index in [1.54, 1.807) is 0 Å². The van der Waals surface area contributed by atoms with E-state index >= 15 is 0 Å². The second kappa shape index (κ2) is 17.7. The Hall–Kier alpha value is -5.61. The third-order valence-electron chi connectivity index (χ3n) is 10.6. The van der Waals surface area contributed by atoms with Gasteiger partial charge < -0.3 is 0 Å². The number of hydrogen-bond acceptors (Lipinski definition) is 0. The molecule has 0 spiro atoms. The summed E-state index contributed by atoms with van der Waals surface area (Å²) >= 11 is 0. The van der Waals surface area contributed by atoms with Crippen molar-refractivity contribution in [3.8, 4) is 0 Å². The van der Waals surface area contributed by atoms with Crippen LogP contribution in [0.4, 0.5) is 0 Å². The molecule has 0 heterocycles. The summed E-state index contributed by atoms with van der Waals surface area (Å²) in [4.78, 5) is 0. The molecule has 0 N–H and O–H groups in total. The summed E-state index contributed by atoms with van der Waals surface area (Å²) in [6.07, 6.45) is 0. The standard InChI is InChI=1S/C28H23P.C24H21P.ClH/c1-4-15-24(16-5-1)29(25-17-6-2-7-18-25,26-19-8-3-9-20-26)28-22-12-14-23-13-10-11-21-27(23)28;1-5-13-21(14-6-1)25(22-15-7-2-8-16-22,23-17-9-3-10-18-23)24-19-11-4-12-20-24;/h1-22,29H;1-20,25H;1H. The second-order valence-corrected chi connectivity index (χ2v) is 21.2. The van der Waals surface area contributed by atoms with E-state index in [1.165, 1.54) is 53.2 Å². The van der Waals surface area contributed by atoms with Crippen molar-refractivity contribution in [3.63, 3.8) is 0 Å². The van der Waals surface area contributed by atoms with Gasteiger partial charge in [0.25, 0.3) is 0 Å². The zero-order chi connectivity index (χ0) is 36.5. The molecule has 0 unspecified atom stereocenters. The van der Waals surface area contributed by atoms with Gasteiger partial charge in [0, 0.05) is 0 Å². The Morgan fingerprint density at radius 1 is 0.200 bits per heavy atom. The van der Waals surface area contributed by atoms with Gasteiger partial charge in [0.1, 0.15) is 0 Å². The Morgan fingerprint density at radius 2 is 0.436 bits per heavy atom. The maximum atomic E-state index is 2.35. The number of rotatable bonds is 8. The average Bonchev–Trinajstić information content (AvgIpc) is 3.27. The Morgan fingerprint density at radius 3 is 0.745 bits per heavy atom. The average molecular weight is 767 g/mol. The molecule has 0 saturated carbocycles. The van der Waals surface area contributed by atoms with Crippen LogP contribution in [0.1, 0.15) is 0 Å². The van der Waals surface area contributed by atoms with Crippen molar-refractivity contribution in [3.05, 3.63) is 255 Å². The molecular weight excluding hydrogens is 722 g/mol. The van der Waals surface area contributed by atoms with Gasteiger partial charge >= 0.3 is 323 Å². The number of halogens is 1. The van der Waals surface area contributed by atoms with Crippen LogP contribution in [0.2, 0.25) is 0 Å². The Kier molecular flexibility index (Phi) is 12.1. The van der Waals surface area contributed by atoms with E-state index in [-0.39, 0.29) is 12.4 Å². The second-order valence-electron chi connectivity index (χ2n) is 13.6. The van der Waals surface area contributed by atoms with Crippen molar-refractivity contribution in [2.75, 3.05) is 0 Å². The first kappa shape index (κ1) is 37.7. The molecule has 0 nitrogen and oxygen atoms in total. The van der Waals surface area contributed by atoms with Crippen LogP contribution in [-0.2, 0) is 0 Å². The molecule has 0 bridgehead atoms. The fourth-order valence-corrected chi connectivity index (χ4v) is 18.1. The summed E-state index contributed by atoms with van der Waals surface area (Å²) in [6.45, 7) is 0. The molecule has 0 aliphatic carbocycles. The van der Waals surface area contributed by atoms with Crippen LogP contribution in [-0.4, -0.2) is 0 Å². The van der Waals surface area contributed by atoms with E-state index < -0.39 is 14.5 Å². The summed E-state index contributed by atoms with van der Waals surface area (Å²) in [5, 5.41) is 14.0. The Balaban J connectivity index is 0.000000168. The van der Waals surface area contributed by atoms with E-state index in [1.807, 2.05) is 0 Å². The number of benzene rings is 9. The first-order chi connectivity index (χ1) is 26.8. The molecular formula is C52H45ClP2. The summed E-state index contributed by atoms with van der Waals surface area (Å²) in [5.74, 6) is 0. The Labute approximate surface area is 333 Å². The van der Waals surface area contributed by atoms with E-state index in [0.29, 0.717) is 0 Å². The fraction of sp³-hybridized carbons (Fsp3) is 0. The van der Waals surface area contributed by atoms with E-state index in [9.17, 15) is 0 Å². The molecule has 55 heavy (non-hydrogen) atoms. The van der Waals surface area contributed by atoms with Gasteiger partial charge in [-0.15, -0.1) is 12.4 Å². The van der Waals surface area contributed by atoms with E-state index in [2.05, 4.69) is 255 Å². The van der Waals surface area contributed by atoms with Gasteiger partial charge in [-0.25, -0.2) is 0 Å². The van der Waals surface area contributed by atoms with Gasteiger partial charge in [-0.3, -0.25) is 0 Å². The predicted octanol–water partition coefficient (Wildman–Crippen LogP) is 9.65. The summed E-state index contributed by atoms with van der Waals surface area (Å²) in [5.41, 5.74) is 0. The zero-order valence-electron chi connectivity index (χ0n) is 30.7. The maximum absolute atomic E-state index is 2.46. The van der Waals surface area contributed by atoms with E-state index in [4.69, 9.17) is 0 Å². The van der Waals surface area contributed by atoms with Gasteiger partial charge in [0.2, 0.25) is 0 Å². The fourth-order valence-electron chi connectivity index (χ4n) is 8.34. The normalized spacial score (nSPS) is 11.7.